The molecule has 21 heavy (non-hydrogen) atoms. The Balaban J connectivity index is 1.78. The Hall–Kier alpha value is -2.41. The van der Waals surface area contributed by atoms with Crippen LogP contribution in [0.2, 0.25) is 0 Å². The van der Waals surface area contributed by atoms with E-state index in [4.69, 9.17) is 4.98 Å². The standard InChI is InChI=1S/C17H18N4/c1-21(10-8-15-6-2-3-9-19-15)17-14(12-18)11-13-5-4-7-16(13)20-17/h2-3,6,9,11H,4-5,7-8,10H2,1H3. The molecule has 4 heteroatoms. The van der Waals surface area contributed by atoms with E-state index >= 15 is 0 Å². The number of nitrogens with zero attached hydrogens (tertiary/aromatic N) is 4. The molecule has 2 aromatic rings. The number of anilines is 1. The number of hydrogen-bond donors (Lipinski definition) is 0. The van der Waals surface area contributed by atoms with Crippen LogP contribution in [0.15, 0.2) is 30.5 Å². The summed E-state index contributed by atoms with van der Waals surface area (Å²) in [6.45, 7) is 0.803. The molecule has 106 valence electrons. The van der Waals surface area contributed by atoms with E-state index in [0.29, 0.717) is 5.56 Å². The SMILES string of the molecule is CN(CCc1ccccn1)c1nc2c(cc1C#N)CCC2. The summed E-state index contributed by atoms with van der Waals surface area (Å²) < 4.78 is 0. The lowest BCUT2D eigenvalue weighted by atomic mass is 10.1. The van der Waals surface area contributed by atoms with E-state index in [-0.39, 0.29) is 0 Å². The van der Waals surface area contributed by atoms with E-state index in [1.165, 1.54) is 5.56 Å². The van der Waals surface area contributed by atoms with Crippen LogP contribution in [-0.4, -0.2) is 23.6 Å². The molecule has 0 unspecified atom stereocenters. The lowest BCUT2D eigenvalue weighted by Crippen LogP contribution is -2.23. The van der Waals surface area contributed by atoms with E-state index in [9.17, 15) is 5.26 Å². The molecule has 0 fully saturated rings. The van der Waals surface area contributed by atoms with Crippen molar-refractivity contribution in [2.75, 3.05) is 18.5 Å². The van der Waals surface area contributed by atoms with Gasteiger partial charge in [-0.1, -0.05) is 6.07 Å². The zero-order valence-electron chi connectivity index (χ0n) is 12.2. The fourth-order valence-electron chi connectivity index (χ4n) is 2.77. The summed E-state index contributed by atoms with van der Waals surface area (Å²) >= 11 is 0. The van der Waals surface area contributed by atoms with Crippen LogP contribution in [0.4, 0.5) is 5.82 Å². The monoisotopic (exact) mass is 278 g/mol. The molecule has 2 heterocycles. The zero-order chi connectivity index (χ0) is 14.7. The van der Waals surface area contributed by atoms with Gasteiger partial charge in [0.05, 0.1) is 5.56 Å². The molecule has 0 radical (unpaired) electrons. The van der Waals surface area contributed by atoms with Gasteiger partial charge in [-0.3, -0.25) is 4.98 Å². The molecule has 0 amide bonds. The first kappa shape index (κ1) is 13.6. The number of pyridine rings is 2. The largest absolute Gasteiger partial charge is 0.358 e. The third kappa shape index (κ3) is 2.87. The maximum Gasteiger partial charge on any atom is 0.146 e. The molecule has 0 bridgehead atoms. The van der Waals surface area contributed by atoms with Crippen molar-refractivity contribution in [1.82, 2.24) is 9.97 Å². The summed E-state index contributed by atoms with van der Waals surface area (Å²) in [5.41, 5.74) is 4.14. The van der Waals surface area contributed by atoms with Crippen molar-refractivity contribution in [3.8, 4) is 6.07 Å². The Morgan fingerprint density at radius 2 is 2.24 bits per heavy atom. The van der Waals surface area contributed by atoms with E-state index in [1.807, 2.05) is 37.5 Å². The normalized spacial score (nSPS) is 12.8. The molecule has 0 spiro atoms. The van der Waals surface area contributed by atoms with Crippen LogP contribution in [0.25, 0.3) is 0 Å². The first-order valence-corrected chi connectivity index (χ1v) is 7.32. The highest BCUT2D eigenvalue weighted by molar-refractivity contribution is 5.56. The highest BCUT2D eigenvalue weighted by atomic mass is 15.2. The van der Waals surface area contributed by atoms with Crippen molar-refractivity contribution in [3.63, 3.8) is 0 Å². The quantitative estimate of drug-likeness (QED) is 0.862. The first-order valence-electron chi connectivity index (χ1n) is 7.32. The number of likely N-dealkylation sites (N-methyl/N-ethyl adjacent to an activating group) is 1. The predicted molar refractivity (Wildman–Crippen MR) is 82.2 cm³/mol. The number of fused-ring (bicyclic) bond motifs is 1. The molecule has 0 N–H and O–H groups in total. The predicted octanol–water partition coefficient (Wildman–Crippen LogP) is 2.52. The van der Waals surface area contributed by atoms with Crippen LogP contribution < -0.4 is 4.90 Å². The second-order valence-corrected chi connectivity index (χ2v) is 5.42. The number of nitriles is 1. The van der Waals surface area contributed by atoms with Gasteiger partial charge in [-0.05, 0) is 43.0 Å². The highest BCUT2D eigenvalue weighted by Gasteiger charge is 2.18. The second-order valence-electron chi connectivity index (χ2n) is 5.42. The van der Waals surface area contributed by atoms with E-state index in [1.54, 1.807) is 0 Å². The molecule has 1 aliphatic rings. The average Bonchev–Trinajstić information content (AvgIpc) is 2.99. The van der Waals surface area contributed by atoms with Gasteiger partial charge in [0, 0.05) is 37.6 Å². The molecule has 3 rings (SSSR count). The lowest BCUT2D eigenvalue weighted by molar-refractivity contribution is 0.830. The smallest absolute Gasteiger partial charge is 0.146 e. The third-order valence-electron chi connectivity index (χ3n) is 3.94. The van der Waals surface area contributed by atoms with Crippen molar-refractivity contribution < 1.29 is 0 Å². The Bertz CT molecular complexity index is 673. The van der Waals surface area contributed by atoms with Gasteiger partial charge in [0.2, 0.25) is 0 Å². The Kier molecular flexibility index (Phi) is 3.83. The molecule has 4 nitrogen and oxygen atoms in total. The summed E-state index contributed by atoms with van der Waals surface area (Å²) in [6.07, 6.45) is 5.88. The Labute approximate surface area is 125 Å². The summed E-state index contributed by atoms with van der Waals surface area (Å²) in [4.78, 5) is 11.1. The van der Waals surface area contributed by atoms with Crippen LogP contribution in [0.1, 0.15) is 28.9 Å². The Morgan fingerprint density at radius 1 is 1.33 bits per heavy atom. The van der Waals surface area contributed by atoms with Crippen molar-refractivity contribution in [1.29, 1.82) is 5.26 Å². The molecule has 0 saturated heterocycles. The molecule has 2 aromatic heterocycles. The van der Waals surface area contributed by atoms with E-state index in [2.05, 4.69) is 16.0 Å². The summed E-state index contributed by atoms with van der Waals surface area (Å²) in [6, 6.07) is 10.2. The topological polar surface area (TPSA) is 52.8 Å². The van der Waals surface area contributed by atoms with Gasteiger partial charge >= 0.3 is 0 Å². The minimum Gasteiger partial charge on any atom is -0.358 e. The molecule has 0 atom stereocenters. The van der Waals surface area contributed by atoms with Gasteiger partial charge in [-0.25, -0.2) is 4.98 Å². The number of hydrogen-bond acceptors (Lipinski definition) is 4. The third-order valence-corrected chi connectivity index (χ3v) is 3.94. The van der Waals surface area contributed by atoms with Crippen molar-refractivity contribution >= 4 is 5.82 Å². The maximum atomic E-state index is 9.35. The van der Waals surface area contributed by atoms with Crippen LogP contribution >= 0.6 is 0 Å². The van der Waals surface area contributed by atoms with E-state index < -0.39 is 0 Å². The summed E-state index contributed by atoms with van der Waals surface area (Å²) in [5.74, 6) is 0.800. The minimum atomic E-state index is 0.680. The summed E-state index contributed by atoms with van der Waals surface area (Å²) in [7, 11) is 1.99. The van der Waals surface area contributed by atoms with Gasteiger partial charge in [0.25, 0.3) is 0 Å². The molecule has 1 aliphatic carbocycles. The van der Waals surface area contributed by atoms with Crippen LogP contribution in [0.3, 0.4) is 0 Å². The number of rotatable bonds is 4. The summed E-state index contributed by atoms with van der Waals surface area (Å²) in [5, 5.41) is 9.35. The molecular weight excluding hydrogens is 260 g/mol. The van der Waals surface area contributed by atoms with Crippen molar-refractivity contribution in [3.05, 3.63) is 53.0 Å². The average molecular weight is 278 g/mol. The molecule has 0 aliphatic heterocycles. The molecule has 0 aromatic carbocycles. The molecule has 0 saturated carbocycles. The van der Waals surface area contributed by atoms with Crippen LogP contribution in [-0.2, 0) is 19.3 Å². The first-order chi connectivity index (χ1) is 10.3. The maximum absolute atomic E-state index is 9.35. The van der Waals surface area contributed by atoms with Crippen molar-refractivity contribution in [2.45, 2.75) is 25.7 Å². The van der Waals surface area contributed by atoms with E-state index in [0.717, 1.165) is 49.4 Å². The minimum absolute atomic E-state index is 0.680. The highest BCUT2D eigenvalue weighted by Crippen LogP contribution is 2.26. The van der Waals surface area contributed by atoms with Gasteiger partial charge in [-0.2, -0.15) is 5.26 Å². The second kappa shape index (κ2) is 5.92. The Morgan fingerprint density at radius 3 is 3.00 bits per heavy atom. The number of aryl methyl sites for hydroxylation is 2. The van der Waals surface area contributed by atoms with Gasteiger partial charge < -0.3 is 4.90 Å². The fourth-order valence-corrected chi connectivity index (χ4v) is 2.77. The van der Waals surface area contributed by atoms with Gasteiger partial charge in [0.1, 0.15) is 11.9 Å². The van der Waals surface area contributed by atoms with Crippen molar-refractivity contribution in [2.24, 2.45) is 0 Å². The fraction of sp³-hybridized carbons (Fsp3) is 0.353. The van der Waals surface area contributed by atoms with Gasteiger partial charge in [0.15, 0.2) is 0 Å². The van der Waals surface area contributed by atoms with Gasteiger partial charge in [-0.15, -0.1) is 0 Å². The zero-order valence-corrected chi connectivity index (χ0v) is 12.2. The number of aromatic nitrogens is 2. The van der Waals surface area contributed by atoms with Crippen LogP contribution in [0, 0.1) is 11.3 Å². The molecular formula is C17H18N4. The lowest BCUT2D eigenvalue weighted by Gasteiger charge is -2.20. The van der Waals surface area contributed by atoms with Crippen LogP contribution in [0.5, 0.6) is 0 Å².